The predicted octanol–water partition coefficient (Wildman–Crippen LogP) is 3.02. The molecule has 5 nitrogen and oxygen atoms in total. The van der Waals surface area contributed by atoms with Gasteiger partial charge in [0.15, 0.2) is 0 Å². The highest BCUT2D eigenvalue weighted by Gasteiger charge is 2.22. The number of likely N-dealkylation sites (tertiary alicyclic amines) is 1. The maximum Gasteiger partial charge on any atom is 0.253 e. The Morgan fingerprint density at radius 1 is 1.15 bits per heavy atom. The summed E-state index contributed by atoms with van der Waals surface area (Å²) in [5, 5.41) is 0. The molecular weight excluding hydrogens is 326 g/mol. The SMILES string of the molecule is Cc1ccc(CN2CCOc3ccc(C(=O)N4CCCC4)cc3C2)nc1. The molecule has 0 aliphatic carbocycles. The van der Waals surface area contributed by atoms with Crippen LogP contribution in [0.2, 0.25) is 0 Å². The van der Waals surface area contributed by atoms with Crippen molar-refractivity contribution in [1.29, 1.82) is 0 Å². The monoisotopic (exact) mass is 351 g/mol. The first-order valence-electron chi connectivity index (χ1n) is 9.38. The summed E-state index contributed by atoms with van der Waals surface area (Å²) in [6.07, 6.45) is 4.12. The molecule has 2 aliphatic heterocycles. The Labute approximate surface area is 154 Å². The first-order chi connectivity index (χ1) is 12.7. The second-order valence-electron chi connectivity index (χ2n) is 7.21. The molecule has 0 unspecified atom stereocenters. The van der Waals surface area contributed by atoms with Gasteiger partial charge in [0, 0.05) is 50.0 Å². The van der Waals surface area contributed by atoms with Crippen molar-refractivity contribution in [2.75, 3.05) is 26.2 Å². The minimum Gasteiger partial charge on any atom is -0.492 e. The maximum absolute atomic E-state index is 12.7. The molecule has 26 heavy (non-hydrogen) atoms. The molecule has 3 heterocycles. The highest BCUT2D eigenvalue weighted by atomic mass is 16.5. The number of ether oxygens (including phenoxy) is 1. The number of amides is 1. The van der Waals surface area contributed by atoms with E-state index in [1.165, 1.54) is 5.56 Å². The van der Waals surface area contributed by atoms with Crippen molar-refractivity contribution in [1.82, 2.24) is 14.8 Å². The largest absolute Gasteiger partial charge is 0.492 e. The Morgan fingerprint density at radius 2 is 2.00 bits per heavy atom. The fourth-order valence-electron chi connectivity index (χ4n) is 3.64. The molecule has 0 N–H and O–H groups in total. The Morgan fingerprint density at radius 3 is 2.77 bits per heavy atom. The molecule has 2 aromatic rings. The van der Waals surface area contributed by atoms with Crippen LogP contribution in [-0.2, 0) is 13.1 Å². The molecule has 0 spiro atoms. The molecule has 0 bridgehead atoms. The third kappa shape index (κ3) is 3.73. The standard InChI is InChI=1S/C21H25N3O2/c1-16-4-6-19(22-13-16)15-23-10-11-26-20-7-5-17(12-18(20)14-23)21(25)24-8-2-3-9-24/h4-7,12-13H,2-3,8-11,14-15H2,1H3. The summed E-state index contributed by atoms with van der Waals surface area (Å²) in [5.41, 5.74) is 4.08. The van der Waals surface area contributed by atoms with E-state index in [-0.39, 0.29) is 5.91 Å². The molecule has 0 atom stereocenters. The van der Waals surface area contributed by atoms with Crippen LogP contribution in [0, 0.1) is 6.92 Å². The molecule has 0 saturated carbocycles. The number of benzene rings is 1. The van der Waals surface area contributed by atoms with Gasteiger partial charge < -0.3 is 9.64 Å². The van der Waals surface area contributed by atoms with E-state index in [0.717, 1.165) is 68.1 Å². The minimum atomic E-state index is 0.140. The lowest BCUT2D eigenvalue weighted by atomic mass is 10.1. The van der Waals surface area contributed by atoms with Crippen molar-refractivity contribution in [2.24, 2.45) is 0 Å². The first kappa shape index (κ1) is 17.0. The fourth-order valence-corrected chi connectivity index (χ4v) is 3.64. The van der Waals surface area contributed by atoms with Gasteiger partial charge in [-0.15, -0.1) is 0 Å². The number of nitrogens with zero attached hydrogens (tertiary/aromatic N) is 3. The summed E-state index contributed by atoms with van der Waals surface area (Å²) in [4.78, 5) is 21.5. The number of hydrogen-bond acceptors (Lipinski definition) is 4. The summed E-state index contributed by atoms with van der Waals surface area (Å²) in [7, 11) is 0. The van der Waals surface area contributed by atoms with Crippen LogP contribution in [0.4, 0.5) is 0 Å². The van der Waals surface area contributed by atoms with E-state index in [4.69, 9.17) is 4.74 Å². The van der Waals surface area contributed by atoms with Crippen LogP contribution in [-0.4, -0.2) is 46.9 Å². The van der Waals surface area contributed by atoms with E-state index in [9.17, 15) is 4.79 Å². The fraction of sp³-hybridized carbons (Fsp3) is 0.429. The van der Waals surface area contributed by atoms with Crippen LogP contribution in [0.1, 0.15) is 40.0 Å². The second-order valence-corrected chi connectivity index (χ2v) is 7.21. The van der Waals surface area contributed by atoms with Gasteiger partial charge in [-0.2, -0.15) is 0 Å². The Hall–Kier alpha value is -2.40. The van der Waals surface area contributed by atoms with E-state index in [0.29, 0.717) is 6.61 Å². The topological polar surface area (TPSA) is 45.7 Å². The molecule has 0 radical (unpaired) electrons. The zero-order valence-corrected chi connectivity index (χ0v) is 15.3. The molecule has 1 saturated heterocycles. The van der Waals surface area contributed by atoms with E-state index in [1.807, 2.05) is 36.2 Å². The number of carbonyl (C=O) groups is 1. The lowest BCUT2D eigenvalue weighted by molar-refractivity contribution is 0.0792. The van der Waals surface area contributed by atoms with Gasteiger partial charge in [-0.3, -0.25) is 14.7 Å². The van der Waals surface area contributed by atoms with Gasteiger partial charge >= 0.3 is 0 Å². The van der Waals surface area contributed by atoms with E-state index in [1.54, 1.807) is 0 Å². The molecule has 136 valence electrons. The summed E-state index contributed by atoms with van der Waals surface area (Å²) in [6, 6.07) is 10.0. The number of aromatic nitrogens is 1. The van der Waals surface area contributed by atoms with Crippen molar-refractivity contribution >= 4 is 5.91 Å². The zero-order chi connectivity index (χ0) is 17.9. The Balaban J connectivity index is 1.51. The number of aryl methyl sites for hydroxylation is 1. The molecule has 5 heteroatoms. The Kier molecular flexibility index (Phi) is 4.89. The average molecular weight is 351 g/mol. The molecule has 2 aliphatic rings. The number of rotatable bonds is 3. The molecule has 1 aromatic carbocycles. The van der Waals surface area contributed by atoms with Crippen LogP contribution >= 0.6 is 0 Å². The van der Waals surface area contributed by atoms with E-state index in [2.05, 4.69) is 22.0 Å². The van der Waals surface area contributed by atoms with Crippen molar-refractivity contribution < 1.29 is 9.53 Å². The lowest BCUT2D eigenvalue weighted by Crippen LogP contribution is -2.28. The normalized spacial score (nSPS) is 17.5. The third-order valence-electron chi connectivity index (χ3n) is 5.12. The predicted molar refractivity (Wildman–Crippen MR) is 100 cm³/mol. The van der Waals surface area contributed by atoms with Crippen molar-refractivity contribution in [3.05, 3.63) is 58.9 Å². The number of fused-ring (bicyclic) bond motifs is 1. The van der Waals surface area contributed by atoms with Crippen LogP contribution < -0.4 is 4.74 Å². The molecular formula is C21H25N3O2. The number of carbonyl (C=O) groups excluding carboxylic acids is 1. The third-order valence-corrected chi connectivity index (χ3v) is 5.12. The van der Waals surface area contributed by atoms with E-state index >= 15 is 0 Å². The Bertz CT molecular complexity index is 782. The quantitative estimate of drug-likeness (QED) is 0.853. The van der Waals surface area contributed by atoms with Crippen LogP contribution in [0.5, 0.6) is 5.75 Å². The number of pyridine rings is 1. The maximum atomic E-state index is 12.7. The van der Waals surface area contributed by atoms with Gasteiger partial charge in [-0.25, -0.2) is 0 Å². The summed E-state index contributed by atoms with van der Waals surface area (Å²) in [6.45, 7) is 6.85. The lowest BCUT2D eigenvalue weighted by Gasteiger charge is -2.19. The van der Waals surface area contributed by atoms with Gasteiger partial charge in [-0.05, 0) is 49.6 Å². The first-order valence-corrected chi connectivity index (χ1v) is 9.38. The summed E-state index contributed by atoms with van der Waals surface area (Å²) in [5.74, 6) is 1.03. The molecule has 1 fully saturated rings. The van der Waals surface area contributed by atoms with Crippen LogP contribution in [0.25, 0.3) is 0 Å². The van der Waals surface area contributed by atoms with Gasteiger partial charge in [0.2, 0.25) is 0 Å². The zero-order valence-electron chi connectivity index (χ0n) is 15.3. The van der Waals surface area contributed by atoms with Crippen molar-refractivity contribution in [2.45, 2.75) is 32.9 Å². The van der Waals surface area contributed by atoms with Gasteiger partial charge in [0.25, 0.3) is 5.91 Å². The second kappa shape index (κ2) is 7.46. The highest BCUT2D eigenvalue weighted by molar-refractivity contribution is 5.94. The minimum absolute atomic E-state index is 0.140. The van der Waals surface area contributed by atoms with Crippen molar-refractivity contribution in [3.63, 3.8) is 0 Å². The molecule has 1 amide bonds. The number of hydrogen-bond donors (Lipinski definition) is 0. The van der Waals surface area contributed by atoms with Crippen LogP contribution in [0.15, 0.2) is 36.5 Å². The summed E-state index contributed by atoms with van der Waals surface area (Å²) >= 11 is 0. The summed E-state index contributed by atoms with van der Waals surface area (Å²) < 4.78 is 5.91. The van der Waals surface area contributed by atoms with Gasteiger partial charge in [0.1, 0.15) is 12.4 Å². The van der Waals surface area contributed by atoms with Crippen LogP contribution in [0.3, 0.4) is 0 Å². The average Bonchev–Trinajstić information content (AvgIpc) is 3.11. The molecule has 4 rings (SSSR count). The van der Waals surface area contributed by atoms with E-state index < -0.39 is 0 Å². The van der Waals surface area contributed by atoms with Gasteiger partial charge in [-0.1, -0.05) is 6.07 Å². The molecule has 1 aromatic heterocycles. The highest BCUT2D eigenvalue weighted by Crippen LogP contribution is 2.26. The smallest absolute Gasteiger partial charge is 0.253 e. The van der Waals surface area contributed by atoms with Crippen molar-refractivity contribution in [3.8, 4) is 5.75 Å². The van der Waals surface area contributed by atoms with Gasteiger partial charge in [0.05, 0.1) is 5.69 Å².